The summed E-state index contributed by atoms with van der Waals surface area (Å²) in [7, 11) is 2.13. The summed E-state index contributed by atoms with van der Waals surface area (Å²) >= 11 is 0. The Kier molecular flexibility index (Phi) is 2.84. The first-order valence-corrected chi connectivity index (χ1v) is 5.09. The highest BCUT2D eigenvalue weighted by atomic mass is 15.3. The van der Waals surface area contributed by atoms with Gasteiger partial charge in [0.05, 0.1) is 5.56 Å². The molecule has 1 aliphatic heterocycles. The van der Waals surface area contributed by atoms with Crippen LogP contribution < -0.4 is 4.90 Å². The van der Waals surface area contributed by atoms with Gasteiger partial charge in [-0.25, -0.2) is 4.98 Å². The van der Waals surface area contributed by atoms with Crippen molar-refractivity contribution in [1.82, 2.24) is 9.88 Å². The molecule has 4 heteroatoms. The lowest BCUT2D eigenvalue weighted by atomic mass is 10.3. The van der Waals surface area contributed by atoms with Crippen molar-refractivity contribution >= 4 is 5.82 Å². The topological polar surface area (TPSA) is 43.2 Å². The maximum Gasteiger partial charge on any atom is 0.128 e. The first kappa shape index (κ1) is 9.94. The summed E-state index contributed by atoms with van der Waals surface area (Å²) < 4.78 is 0. The highest BCUT2D eigenvalue weighted by molar-refractivity contribution is 5.42. The van der Waals surface area contributed by atoms with Crippen LogP contribution in [0.3, 0.4) is 0 Å². The molecule has 1 aromatic heterocycles. The smallest absolute Gasteiger partial charge is 0.128 e. The highest BCUT2D eigenvalue weighted by Crippen LogP contribution is 2.12. The number of pyridine rings is 1. The number of likely N-dealkylation sites (N-methyl/N-ethyl adjacent to an activating group) is 1. The zero-order chi connectivity index (χ0) is 10.7. The van der Waals surface area contributed by atoms with E-state index in [-0.39, 0.29) is 0 Å². The number of anilines is 1. The fourth-order valence-electron chi connectivity index (χ4n) is 1.67. The molecule has 0 bridgehead atoms. The van der Waals surface area contributed by atoms with Gasteiger partial charge in [-0.15, -0.1) is 0 Å². The van der Waals surface area contributed by atoms with Crippen LogP contribution in [0.25, 0.3) is 0 Å². The van der Waals surface area contributed by atoms with Crippen LogP contribution >= 0.6 is 0 Å². The third-order valence-electron chi connectivity index (χ3n) is 2.70. The van der Waals surface area contributed by atoms with Crippen molar-refractivity contribution in [1.29, 1.82) is 5.26 Å². The molecule has 0 spiro atoms. The van der Waals surface area contributed by atoms with E-state index in [4.69, 9.17) is 5.26 Å². The second-order valence-electron chi connectivity index (χ2n) is 3.81. The second-order valence-corrected chi connectivity index (χ2v) is 3.81. The van der Waals surface area contributed by atoms with E-state index in [1.807, 2.05) is 12.1 Å². The van der Waals surface area contributed by atoms with Crippen molar-refractivity contribution in [3.8, 4) is 6.07 Å². The van der Waals surface area contributed by atoms with Gasteiger partial charge in [0.2, 0.25) is 0 Å². The molecule has 0 unspecified atom stereocenters. The predicted molar refractivity (Wildman–Crippen MR) is 58.7 cm³/mol. The molecule has 78 valence electrons. The average Bonchev–Trinajstić information content (AvgIpc) is 2.30. The first-order chi connectivity index (χ1) is 7.29. The number of hydrogen-bond donors (Lipinski definition) is 0. The Morgan fingerprint density at radius 3 is 2.53 bits per heavy atom. The van der Waals surface area contributed by atoms with Crippen LogP contribution in [0.2, 0.25) is 0 Å². The molecule has 0 aliphatic carbocycles. The van der Waals surface area contributed by atoms with Gasteiger partial charge in [-0.2, -0.15) is 5.26 Å². The van der Waals surface area contributed by atoms with E-state index in [1.165, 1.54) is 0 Å². The summed E-state index contributed by atoms with van der Waals surface area (Å²) in [4.78, 5) is 8.84. The lowest BCUT2D eigenvalue weighted by Gasteiger charge is -2.33. The van der Waals surface area contributed by atoms with E-state index in [1.54, 1.807) is 6.20 Å². The number of rotatable bonds is 1. The third kappa shape index (κ3) is 2.25. The van der Waals surface area contributed by atoms with Crippen LogP contribution in [0, 0.1) is 11.3 Å². The van der Waals surface area contributed by atoms with Crippen LogP contribution in [0.5, 0.6) is 0 Å². The van der Waals surface area contributed by atoms with E-state index in [0.29, 0.717) is 5.56 Å². The quantitative estimate of drug-likeness (QED) is 0.672. The molecule has 4 nitrogen and oxygen atoms in total. The minimum absolute atomic E-state index is 0.618. The van der Waals surface area contributed by atoms with Crippen LogP contribution in [0.1, 0.15) is 5.56 Å². The zero-order valence-electron chi connectivity index (χ0n) is 8.85. The van der Waals surface area contributed by atoms with Gasteiger partial charge in [-0.3, -0.25) is 0 Å². The molecule has 1 aliphatic rings. The van der Waals surface area contributed by atoms with E-state index in [9.17, 15) is 0 Å². The molecule has 1 saturated heterocycles. The second kappa shape index (κ2) is 4.28. The van der Waals surface area contributed by atoms with Gasteiger partial charge < -0.3 is 9.80 Å². The molecule has 0 atom stereocenters. The Labute approximate surface area is 89.7 Å². The Balaban J connectivity index is 2.07. The largest absolute Gasteiger partial charge is 0.354 e. The van der Waals surface area contributed by atoms with Gasteiger partial charge in [-0.1, -0.05) is 0 Å². The van der Waals surface area contributed by atoms with Crippen LogP contribution in [0.4, 0.5) is 5.82 Å². The maximum absolute atomic E-state index is 8.66. The SMILES string of the molecule is CN1CCN(c2ccc(C#N)cn2)CC1. The van der Waals surface area contributed by atoms with Crippen molar-refractivity contribution < 1.29 is 0 Å². The minimum Gasteiger partial charge on any atom is -0.354 e. The van der Waals surface area contributed by atoms with Crippen molar-refractivity contribution in [2.75, 3.05) is 38.1 Å². The minimum atomic E-state index is 0.618. The van der Waals surface area contributed by atoms with E-state index >= 15 is 0 Å². The van der Waals surface area contributed by atoms with E-state index in [0.717, 1.165) is 32.0 Å². The normalized spacial score (nSPS) is 17.5. The number of hydrogen-bond acceptors (Lipinski definition) is 4. The molecule has 1 fully saturated rings. The maximum atomic E-state index is 8.66. The van der Waals surface area contributed by atoms with Crippen molar-refractivity contribution in [3.63, 3.8) is 0 Å². The molecule has 0 amide bonds. The van der Waals surface area contributed by atoms with Crippen molar-refractivity contribution in [3.05, 3.63) is 23.9 Å². The first-order valence-electron chi connectivity index (χ1n) is 5.09. The van der Waals surface area contributed by atoms with Gasteiger partial charge in [-0.05, 0) is 19.2 Å². The van der Waals surface area contributed by atoms with Crippen LogP contribution in [-0.4, -0.2) is 43.1 Å². The lowest BCUT2D eigenvalue weighted by Crippen LogP contribution is -2.44. The van der Waals surface area contributed by atoms with Crippen LogP contribution in [-0.2, 0) is 0 Å². The summed E-state index contributed by atoms with van der Waals surface area (Å²) in [6.45, 7) is 4.16. The van der Waals surface area contributed by atoms with Gasteiger partial charge in [0, 0.05) is 32.4 Å². The van der Waals surface area contributed by atoms with E-state index in [2.05, 4.69) is 27.9 Å². The Bertz CT molecular complexity index is 357. The number of piperazine rings is 1. The highest BCUT2D eigenvalue weighted by Gasteiger charge is 2.14. The molecule has 0 radical (unpaired) electrons. The predicted octanol–water partition coefficient (Wildman–Crippen LogP) is 0.705. The number of nitrogens with zero attached hydrogens (tertiary/aromatic N) is 4. The summed E-state index contributed by atoms with van der Waals surface area (Å²) in [5.41, 5.74) is 0.618. The van der Waals surface area contributed by atoms with Gasteiger partial charge >= 0.3 is 0 Å². The Morgan fingerprint density at radius 1 is 1.27 bits per heavy atom. The fourth-order valence-corrected chi connectivity index (χ4v) is 1.67. The summed E-state index contributed by atoms with van der Waals surface area (Å²) in [5.74, 6) is 0.974. The molecule has 15 heavy (non-hydrogen) atoms. The van der Waals surface area contributed by atoms with Crippen molar-refractivity contribution in [2.24, 2.45) is 0 Å². The summed E-state index contributed by atoms with van der Waals surface area (Å²) in [5, 5.41) is 8.66. The molecule has 2 rings (SSSR count). The van der Waals surface area contributed by atoms with E-state index < -0.39 is 0 Å². The fraction of sp³-hybridized carbons (Fsp3) is 0.455. The van der Waals surface area contributed by atoms with Gasteiger partial charge in [0.1, 0.15) is 11.9 Å². The number of nitriles is 1. The Morgan fingerprint density at radius 2 is 2.00 bits per heavy atom. The van der Waals surface area contributed by atoms with Crippen molar-refractivity contribution in [2.45, 2.75) is 0 Å². The molecule has 0 N–H and O–H groups in total. The molecular formula is C11H14N4. The Hall–Kier alpha value is -1.60. The van der Waals surface area contributed by atoms with Gasteiger partial charge in [0.15, 0.2) is 0 Å². The third-order valence-corrected chi connectivity index (χ3v) is 2.70. The lowest BCUT2D eigenvalue weighted by molar-refractivity contribution is 0.312. The summed E-state index contributed by atoms with van der Waals surface area (Å²) in [6.07, 6.45) is 1.63. The summed E-state index contributed by atoms with van der Waals surface area (Å²) in [6, 6.07) is 5.82. The average molecular weight is 202 g/mol. The molecule has 0 saturated carbocycles. The zero-order valence-corrected chi connectivity index (χ0v) is 8.85. The van der Waals surface area contributed by atoms with Gasteiger partial charge in [0.25, 0.3) is 0 Å². The number of aromatic nitrogens is 1. The monoisotopic (exact) mass is 202 g/mol. The molecule has 0 aromatic carbocycles. The van der Waals surface area contributed by atoms with Crippen LogP contribution in [0.15, 0.2) is 18.3 Å². The molecular weight excluding hydrogens is 188 g/mol. The molecule has 2 heterocycles. The molecule has 1 aromatic rings. The standard InChI is InChI=1S/C11H14N4/c1-14-4-6-15(7-5-14)11-3-2-10(8-12)9-13-11/h2-3,9H,4-7H2,1H3.